The third kappa shape index (κ3) is 4.26. The fraction of sp³-hybridized carbons (Fsp3) is 0.200. The van der Waals surface area contributed by atoms with Crippen molar-refractivity contribution in [3.63, 3.8) is 0 Å². The van der Waals surface area contributed by atoms with E-state index in [0.717, 1.165) is 11.6 Å². The summed E-state index contributed by atoms with van der Waals surface area (Å²) in [4.78, 5) is 0. The third-order valence-electron chi connectivity index (χ3n) is 2.78. The smallest absolute Gasteiger partial charge is 0.181 e. The quantitative estimate of drug-likeness (QED) is 0.740. The molecular weight excluding hydrogens is 296 g/mol. The number of aliphatic hydroxyl groups excluding tert-OH is 1. The topological polar surface area (TPSA) is 79.2 Å². The van der Waals surface area contributed by atoms with E-state index in [1.165, 1.54) is 19.2 Å². The van der Waals surface area contributed by atoms with Gasteiger partial charge in [0, 0.05) is 16.7 Å². The van der Waals surface area contributed by atoms with Crippen molar-refractivity contribution in [2.45, 2.75) is 12.9 Å². The van der Waals surface area contributed by atoms with Crippen molar-refractivity contribution >= 4 is 11.6 Å². The zero-order valence-electron chi connectivity index (χ0n) is 11.3. The second-order valence-electron chi connectivity index (χ2n) is 4.45. The van der Waals surface area contributed by atoms with Gasteiger partial charge >= 0.3 is 0 Å². The van der Waals surface area contributed by atoms with Crippen LogP contribution >= 0.6 is 11.6 Å². The van der Waals surface area contributed by atoms with Crippen molar-refractivity contribution in [2.24, 2.45) is 0 Å². The number of hydrogen-bond donors (Lipinski definition) is 3. The van der Waals surface area contributed by atoms with Gasteiger partial charge < -0.3 is 24.8 Å². The van der Waals surface area contributed by atoms with Gasteiger partial charge in [0.05, 0.1) is 13.7 Å². The van der Waals surface area contributed by atoms with Crippen LogP contribution in [0.3, 0.4) is 0 Å². The molecule has 2 aromatic carbocycles. The first-order valence-corrected chi connectivity index (χ1v) is 6.52. The maximum absolute atomic E-state index is 9.92. The number of ether oxygens (including phenoxy) is 2. The first kappa shape index (κ1) is 15.4. The molecule has 0 saturated heterocycles. The van der Waals surface area contributed by atoms with Gasteiger partial charge in [-0.05, 0) is 35.9 Å². The molecular formula is C15H15ClO5. The van der Waals surface area contributed by atoms with Crippen LogP contribution in [0.15, 0.2) is 36.4 Å². The van der Waals surface area contributed by atoms with E-state index in [4.69, 9.17) is 21.1 Å². The van der Waals surface area contributed by atoms with Gasteiger partial charge in [0.15, 0.2) is 6.29 Å². The Morgan fingerprint density at radius 3 is 2.33 bits per heavy atom. The molecule has 0 aliphatic heterocycles. The highest BCUT2D eigenvalue weighted by molar-refractivity contribution is 6.30. The lowest BCUT2D eigenvalue weighted by Crippen LogP contribution is -2.03. The number of aliphatic hydroxyl groups is 1. The molecule has 112 valence electrons. The standard InChI is InChI=1S/C15H15ClO5/c1-20-14-3-9(2-11(16)6-14)8-21-15(19)10-4-12(17)7-13(18)5-10/h2-7,15,17-19H,8H2,1H3. The molecule has 1 unspecified atom stereocenters. The molecule has 0 heterocycles. The average Bonchev–Trinajstić information content (AvgIpc) is 2.43. The van der Waals surface area contributed by atoms with Crippen LogP contribution in [0.1, 0.15) is 17.4 Å². The average molecular weight is 311 g/mol. The summed E-state index contributed by atoms with van der Waals surface area (Å²) in [6.45, 7) is 0.0918. The van der Waals surface area contributed by atoms with Gasteiger partial charge in [-0.1, -0.05) is 11.6 Å². The zero-order valence-corrected chi connectivity index (χ0v) is 12.0. The maximum atomic E-state index is 9.92. The minimum Gasteiger partial charge on any atom is -0.508 e. The number of hydrogen-bond acceptors (Lipinski definition) is 5. The van der Waals surface area contributed by atoms with E-state index >= 15 is 0 Å². The van der Waals surface area contributed by atoms with Crippen molar-refractivity contribution < 1.29 is 24.8 Å². The Morgan fingerprint density at radius 2 is 1.71 bits per heavy atom. The van der Waals surface area contributed by atoms with Crippen molar-refractivity contribution in [1.82, 2.24) is 0 Å². The molecule has 0 aromatic heterocycles. The molecule has 0 spiro atoms. The highest BCUT2D eigenvalue weighted by Gasteiger charge is 2.11. The number of aromatic hydroxyl groups is 2. The predicted octanol–water partition coefficient (Wildman–Crippen LogP) is 2.97. The SMILES string of the molecule is COc1cc(Cl)cc(COC(O)c2cc(O)cc(O)c2)c1. The number of rotatable bonds is 5. The van der Waals surface area contributed by atoms with E-state index in [0.29, 0.717) is 10.8 Å². The number of phenols is 2. The van der Waals surface area contributed by atoms with Gasteiger partial charge in [-0.3, -0.25) is 0 Å². The lowest BCUT2D eigenvalue weighted by atomic mass is 10.2. The van der Waals surface area contributed by atoms with E-state index in [-0.39, 0.29) is 23.7 Å². The summed E-state index contributed by atoms with van der Waals surface area (Å²) < 4.78 is 10.4. The molecule has 3 N–H and O–H groups in total. The highest BCUT2D eigenvalue weighted by atomic mass is 35.5. The fourth-order valence-electron chi connectivity index (χ4n) is 1.85. The Balaban J connectivity index is 2.06. The molecule has 0 aliphatic carbocycles. The second kappa shape index (κ2) is 6.67. The maximum Gasteiger partial charge on any atom is 0.181 e. The van der Waals surface area contributed by atoms with Crippen LogP contribution in [0.25, 0.3) is 0 Å². The lowest BCUT2D eigenvalue weighted by Gasteiger charge is -2.14. The molecule has 0 saturated carbocycles. The first-order chi connectivity index (χ1) is 9.97. The largest absolute Gasteiger partial charge is 0.508 e. The van der Waals surface area contributed by atoms with Crippen LogP contribution in [-0.2, 0) is 11.3 Å². The van der Waals surface area contributed by atoms with E-state index in [2.05, 4.69) is 0 Å². The second-order valence-corrected chi connectivity index (χ2v) is 4.88. The Labute approximate surface area is 126 Å². The molecule has 0 bridgehead atoms. The Bertz CT molecular complexity index is 609. The summed E-state index contributed by atoms with van der Waals surface area (Å²) in [5.41, 5.74) is 0.976. The van der Waals surface area contributed by atoms with E-state index < -0.39 is 6.29 Å². The lowest BCUT2D eigenvalue weighted by molar-refractivity contribution is -0.112. The van der Waals surface area contributed by atoms with E-state index in [9.17, 15) is 15.3 Å². The van der Waals surface area contributed by atoms with Crippen molar-refractivity contribution in [3.05, 3.63) is 52.5 Å². The van der Waals surface area contributed by atoms with Crippen LogP contribution < -0.4 is 4.74 Å². The number of halogens is 1. The Hall–Kier alpha value is -1.95. The summed E-state index contributed by atoms with van der Waals surface area (Å²) in [7, 11) is 1.53. The van der Waals surface area contributed by atoms with Crippen LogP contribution in [0, 0.1) is 0 Å². The number of methoxy groups -OCH3 is 1. The van der Waals surface area contributed by atoms with Gasteiger partial charge in [0.25, 0.3) is 0 Å². The summed E-state index contributed by atoms with van der Waals surface area (Å²) in [6, 6.07) is 8.87. The molecule has 0 fully saturated rings. The molecule has 1 atom stereocenters. The van der Waals surface area contributed by atoms with Crippen LogP contribution in [0.5, 0.6) is 17.2 Å². The molecule has 0 aliphatic rings. The summed E-state index contributed by atoms with van der Waals surface area (Å²) in [6.07, 6.45) is -1.28. The van der Waals surface area contributed by atoms with Crippen molar-refractivity contribution in [3.8, 4) is 17.2 Å². The predicted molar refractivity (Wildman–Crippen MR) is 77.5 cm³/mol. The molecule has 5 nitrogen and oxygen atoms in total. The molecule has 2 rings (SSSR count). The highest BCUT2D eigenvalue weighted by Crippen LogP contribution is 2.27. The summed E-state index contributed by atoms with van der Waals surface area (Å²) in [5, 5.41) is 29.2. The normalized spacial score (nSPS) is 12.1. The molecule has 0 amide bonds. The van der Waals surface area contributed by atoms with Crippen LogP contribution in [0.4, 0.5) is 0 Å². The molecule has 21 heavy (non-hydrogen) atoms. The van der Waals surface area contributed by atoms with Crippen molar-refractivity contribution in [1.29, 1.82) is 0 Å². The van der Waals surface area contributed by atoms with Gasteiger partial charge in [0.1, 0.15) is 17.2 Å². The molecule has 0 radical (unpaired) electrons. The van der Waals surface area contributed by atoms with Gasteiger partial charge in [0.2, 0.25) is 0 Å². The minimum absolute atomic E-state index is 0.0918. The van der Waals surface area contributed by atoms with Crippen molar-refractivity contribution in [2.75, 3.05) is 7.11 Å². The monoisotopic (exact) mass is 310 g/mol. The van der Waals surface area contributed by atoms with Gasteiger partial charge in [-0.25, -0.2) is 0 Å². The van der Waals surface area contributed by atoms with E-state index in [1.807, 2.05) is 0 Å². The summed E-state index contributed by atoms with van der Waals surface area (Å²) in [5.74, 6) is 0.278. The van der Waals surface area contributed by atoms with Gasteiger partial charge in [-0.15, -0.1) is 0 Å². The molecule has 2 aromatic rings. The fourth-order valence-corrected chi connectivity index (χ4v) is 2.10. The van der Waals surface area contributed by atoms with E-state index in [1.54, 1.807) is 18.2 Å². The Kier molecular flexibility index (Phi) is 4.90. The number of benzene rings is 2. The molecule has 6 heteroatoms. The Morgan fingerprint density at radius 1 is 1.05 bits per heavy atom. The number of phenolic OH excluding ortho intramolecular Hbond substituents is 2. The van der Waals surface area contributed by atoms with Crippen LogP contribution in [0.2, 0.25) is 5.02 Å². The first-order valence-electron chi connectivity index (χ1n) is 6.14. The zero-order chi connectivity index (χ0) is 15.4. The van der Waals surface area contributed by atoms with Gasteiger partial charge in [-0.2, -0.15) is 0 Å². The third-order valence-corrected chi connectivity index (χ3v) is 3.00. The van der Waals surface area contributed by atoms with Crippen LogP contribution in [-0.4, -0.2) is 22.4 Å². The minimum atomic E-state index is -1.28. The summed E-state index contributed by atoms with van der Waals surface area (Å²) >= 11 is 5.94.